The van der Waals surface area contributed by atoms with E-state index in [2.05, 4.69) is 5.32 Å². The van der Waals surface area contributed by atoms with E-state index in [4.69, 9.17) is 11.6 Å². The molecule has 40 heavy (non-hydrogen) atoms. The van der Waals surface area contributed by atoms with Crippen molar-refractivity contribution in [3.63, 3.8) is 0 Å². The van der Waals surface area contributed by atoms with Crippen LogP contribution in [-0.4, -0.2) is 20.4 Å². The molecule has 0 saturated heterocycles. The summed E-state index contributed by atoms with van der Waals surface area (Å²) >= 11 is 5.94. The molecule has 0 radical (unpaired) electrons. The normalized spacial score (nSPS) is 15.0. The first-order valence-electron chi connectivity index (χ1n) is 13.4. The summed E-state index contributed by atoms with van der Waals surface area (Å²) in [6, 6.07) is 11.0. The smallest absolute Gasteiger partial charge is 0.264 e. The maximum atomic E-state index is 15.1. The van der Waals surface area contributed by atoms with Crippen LogP contribution in [0.2, 0.25) is 5.02 Å². The molecule has 1 atom stereocenters. The molecule has 1 saturated carbocycles. The van der Waals surface area contributed by atoms with Gasteiger partial charge in [0.05, 0.1) is 16.6 Å². The van der Waals surface area contributed by atoms with Crippen molar-refractivity contribution in [2.75, 3.05) is 4.31 Å². The number of hydrogen-bond acceptors (Lipinski definition) is 3. The zero-order valence-electron chi connectivity index (χ0n) is 22.2. The molecule has 0 bridgehead atoms. The van der Waals surface area contributed by atoms with Gasteiger partial charge in [0, 0.05) is 23.6 Å². The summed E-state index contributed by atoms with van der Waals surface area (Å²) < 4.78 is 72.2. The highest BCUT2D eigenvalue weighted by molar-refractivity contribution is 7.92. The van der Waals surface area contributed by atoms with Gasteiger partial charge < -0.3 is 5.32 Å². The summed E-state index contributed by atoms with van der Waals surface area (Å²) in [4.78, 5) is 12.3. The minimum Gasteiger partial charge on any atom is -0.353 e. The molecule has 0 heterocycles. The van der Waals surface area contributed by atoms with Crippen LogP contribution in [0.25, 0.3) is 0 Å². The lowest BCUT2D eigenvalue weighted by atomic mass is 9.95. The molecule has 3 aromatic carbocycles. The van der Waals surface area contributed by atoms with Gasteiger partial charge in [-0.1, -0.05) is 36.9 Å². The lowest BCUT2D eigenvalue weighted by Crippen LogP contribution is -2.36. The molecule has 1 N–H and O–H groups in total. The van der Waals surface area contributed by atoms with E-state index in [1.807, 2.05) is 0 Å². The van der Waals surface area contributed by atoms with E-state index >= 15 is 4.39 Å². The molecule has 1 aliphatic carbocycles. The van der Waals surface area contributed by atoms with Crippen LogP contribution < -0.4 is 9.62 Å². The number of amides is 1. The largest absolute Gasteiger partial charge is 0.353 e. The standard InChI is InChI=1S/C30H32ClF3N2O3S/c1-20(27-16-12-23(32)18-21(27)6-5-9-30(37)35-25-7-3-2-4-8-25)36(29-19-24(33)13-17-28(29)34)40(38,39)26-14-10-22(31)11-15-26/h10-20,25H,2-9H2,1H3,(H,35,37)/t20-/m1/s1. The first kappa shape index (κ1) is 29.9. The van der Waals surface area contributed by atoms with E-state index in [9.17, 15) is 22.0 Å². The zero-order chi connectivity index (χ0) is 28.9. The molecule has 3 aromatic rings. The zero-order valence-corrected chi connectivity index (χ0v) is 23.7. The first-order valence-corrected chi connectivity index (χ1v) is 15.2. The van der Waals surface area contributed by atoms with Gasteiger partial charge in [-0.2, -0.15) is 0 Å². The summed E-state index contributed by atoms with van der Waals surface area (Å²) in [6.07, 6.45) is 6.21. The quantitative estimate of drug-likeness (QED) is 0.265. The molecule has 1 amide bonds. The molecule has 10 heteroatoms. The van der Waals surface area contributed by atoms with Gasteiger partial charge in [-0.15, -0.1) is 0 Å². The number of carbonyl (C=O) groups is 1. The van der Waals surface area contributed by atoms with Crippen LogP contribution in [0.4, 0.5) is 18.9 Å². The highest BCUT2D eigenvalue weighted by atomic mass is 35.5. The van der Waals surface area contributed by atoms with Gasteiger partial charge in [0.1, 0.15) is 17.5 Å². The van der Waals surface area contributed by atoms with Crippen molar-refractivity contribution in [3.05, 3.63) is 94.3 Å². The van der Waals surface area contributed by atoms with Crippen LogP contribution in [0.1, 0.15) is 69.0 Å². The Labute approximate surface area is 238 Å². The molecular weight excluding hydrogens is 561 g/mol. The van der Waals surface area contributed by atoms with Gasteiger partial charge in [-0.3, -0.25) is 9.10 Å². The number of nitrogens with one attached hydrogen (secondary N) is 1. The van der Waals surface area contributed by atoms with Crippen molar-refractivity contribution in [1.29, 1.82) is 0 Å². The van der Waals surface area contributed by atoms with E-state index in [0.717, 1.165) is 48.2 Å². The SMILES string of the molecule is C[C@H](c1ccc(F)cc1CCCC(=O)NC1CCCCC1)N(c1cc(F)ccc1F)S(=O)(=O)c1ccc(Cl)cc1. The Bertz CT molecular complexity index is 1450. The second-order valence-corrected chi connectivity index (χ2v) is 12.4. The second kappa shape index (κ2) is 13.1. The van der Waals surface area contributed by atoms with Gasteiger partial charge in [0.25, 0.3) is 10.0 Å². The van der Waals surface area contributed by atoms with Crippen molar-refractivity contribution in [2.24, 2.45) is 0 Å². The van der Waals surface area contributed by atoms with E-state index in [0.29, 0.717) is 22.6 Å². The Morgan fingerprint density at radius 3 is 2.33 bits per heavy atom. The van der Waals surface area contributed by atoms with Gasteiger partial charge in [-0.05, 0) is 92.3 Å². The van der Waals surface area contributed by atoms with E-state index < -0.39 is 39.2 Å². The Morgan fingerprint density at radius 1 is 0.975 bits per heavy atom. The summed E-state index contributed by atoms with van der Waals surface area (Å²) in [5, 5.41) is 3.37. The third-order valence-electron chi connectivity index (χ3n) is 7.24. The third kappa shape index (κ3) is 7.18. The first-order chi connectivity index (χ1) is 19.1. The molecule has 1 aliphatic rings. The molecule has 0 unspecified atom stereocenters. The van der Waals surface area contributed by atoms with Crippen molar-refractivity contribution in [2.45, 2.75) is 75.3 Å². The van der Waals surface area contributed by atoms with Crippen LogP contribution in [0.15, 0.2) is 65.6 Å². The minimum absolute atomic E-state index is 0.0772. The Morgan fingerprint density at radius 2 is 1.62 bits per heavy atom. The number of rotatable bonds is 10. The minimum atomic E-state index is -4.42. The van der Waals surface area contributed by atoms with E-state index in [1.54, 1.807) is 0 Å². The van der Waals surface area contributed by atoms with Gasteiger partial charge in [-0.25, -0.2) is 21.6 Å². The average Bonchev–Trinajstić information content (AvgIpc) is 2.91. The fourth-order valence-corrected chi connectivity index (χ4v) is 6.99. The molecule has 5 nitrogen and oxygen atoms in total. The number of sulfonamides is 1. The lowest BCUT2D eigenvalue weighted by molar-refractivity contribution is -0.122. The number of hydrogen-bond donors (Lipinski definition) is 1. The predicted octanol–water partition coefficient (Wildman–Crippen LogP) is 7.49. The second-order valence-electron chi connectivity index (χ2n) is 10.1. The summed E-state index contributed by atoms with van der Waals surface area (Å²) in [6.45, 7) is 1.53. The van der Waals surface area contributed by atoms with Crippen LogP contribution in [0, 0.1) is 17.5 Å². The number of nitrogens with zero attached hydrogens (tertiary/aromatic N) is 1. The van der Waals surface area contributed by atoms with Crippen LogP contribution >= 0.6 is 11.6 Å². The van der Waals surface area contributed by atoms with Crippen LogP contribution in [-0.2, 0) is 21.2 Å². The maximum Gasteiger partial charge on any atom is 0.264 e. The van der Waals surface area contributed by atoms with E-state index in [-0.39, 0.29) is 29.7 Å². The summed E-state index contributed by atoms with van der Waals surface area (Å²) in [5.74, 6) is -2.36. The van der Waals surface area contributed by atoms with Crippen molar-refractivity contribution in [3.8, 4) is 0 Å². The predicted molar refractivity (Wildman–Crippen MR) is 150 cm³/mol. The van der Waals surface area contributed by atoms with Crippen LogP contribution in [0.3, 0.4) is 0 Å². The molecule has 4 rings (SSSR count). The lowest BCUT2D eigenvalue weighted by Gasteiger charge is -2.32. The van der Waals surface area contributed by atoms with Crippen molar-refractivity contribution < 1.29 is 26.4 Å². The summed E-state index contributed by atoms with van der Waals surface area (Å²) in [5.41, 5.74) is 0.408. The number of carbonyl (C=O) groups excluding carboxylic acids is 1. The van der Waals surface area contributed by atoms with Gasteiger partial charge >= 0.3 is 0 Å². The monoisotopic (exact) mass is 592 g/mol. The molecule has 1 fully saturated rings. The topological polar surface area (TPSA) is 66.5 Å². The summed E-state index contributed by atoms with van der Waals surface area (Å²) in [7, 11) is -4.42. The highest BCUT2D eigenvalue weighted by Crippen LogP contribution is 2.37. The maximum absolute atomic E-state index is 15.1. The van der Waals surface area contributed by atoms with E-state index in [1.165, 1.54) is 55.8 Å². The number of halogens is 4. The van der Waals surface area contributed by atoms with Crippen molar-refractivity contribution in [1.82, 2.24) is 5.32 Å². The molecule has 214 valence electrons. The Balaban J connectivity index is 1.64. The fraction of sp³-hybridized carbons (Fsp3) is 0.367. The van der Waals surface area contributed by atoms with Gasteiger partial charge in [0.15, 0.2) is 0 Å². The molecule has 0 spiro atoms. The van der Waals surface area contributed by atoms with Crippen LogP contribution in [0.5, 0.6) is 0 Å². The fourth-order valence-electron chi connectivity index (χ4n) is 5.23. The molecule has 0 aromatic heterocycles. The Kier molecular flexibility index (Phi) is 9.79. The van der Waals surface area contributed by atoms with Crippen molar-refractivity contribution >= 4 is 33.2 Å². The molecule has 0 aliphatic heterocycles. The number of anilines is 1. The highest BCUT2D eigenvalue weighted by Gasteiger charge is 2.33. The molecular formula is C30H32ClF3N2O3S. The number of benzene rings is 3. The Hall–Kier alpha value is -3.04. The van der Waals surface area contributed by atoms with Gasteiger partial charge in [0.2, 0.25) is 5.91 Å². The average molecular weight is 593 g/mol. The number of aryl methyl sites for hydroxylation is 1. The third-order valence-corrected chi connectivity index (χ3v) is 9.39.